The zero-order valence-electron chi connectivity index (χ0n) is 8.50. The second-order valence-corrected chi connectivity index (χ2v) is 7.02. The van der Waals surface area contributed by atoms with Gasteiger partial charge in [-0.05, 0) is 18.4 Å². The van der Waals surface area contributed by atoms with Crippen LogP contribution in [-0.2, 0) is 16.6 Å². The van der Waals surface area contributed by atoms with E-state index in [0.717, 1.165) is 10.7 Å². The Morgan fingerprint density at radius 1 is 1.44 bits per heavy atom. The van der Waals surface area contributed by atoms with Crippen LogP contribution in [0.15, 0.2) is 27.1 Å². The first-order valence-electron chi connectivity index (χ1n) is 4.52. The number of rotatable bonds is 4. The second-order valence-electron chi connectivity index (χ2n) is 3.14. The highest BCUT2D eigenvalue weighted by molar-refractivity contribution is 7.91. The lowest BCUT2D eigenvalue weighted by atomic mass is 10.6. The lowest BCUT2D eigenvalue weighted by Gasteiger charge is -2.01. The topological polar surface area (TPSA) is 59.1 Å². The fourth-order valence-electron chi connectivity index (χ4n) is 1.13. The molecule has 0 aliphatic rings. The van der Waals surface area contributed by atoms with E-state index in [0.29, 0.717) is 4.21 Å². The van der Waals surface area contributed by atoms with Gasteiger partial charge >= 0.3 is 0 Å². The maximum atomic E-state index is 11.7. The summed E-state index contributed by atoms with van der Waals surface area (Å²) < 4.78 is 26.4. The molecule has 0 aliphatic carbocycles. The van der Waals surface area contributed by atoms with E-state index in [1.807, 2.05) is 12.3 Å². The molecule has 2 rings (SSSR count). The summed E-state index contributed by atoms with van der Waals surface area (Å²) in [5.41, 5.74) is 0.912. The van der Waals surface area contributed by atoms with Gasteiger partial charge in [-0.2, -0.15) is 0 Å². The van der Waals surface area contributed by atoms with Crippen LogP contribution in [0.4, 0.5) is 0 Å². The van der Waals surface area contributed by atoms with Crippen LogP contribution in [-0.4, -0.2) is 13.4 Å². The molecule has 0 amide bonds. The molecule has 86 valence electrons. The van der Waals surface area contributed by atoms with Gasteiger partial charge in [0.05, 0.1) is 6.54 Å². The zero-order valence-corrected chi connectivity index (χ0v) is 11.0. The minimum absolute atomic E-state index is 0.249. The Balaban J connectivity index is 2.06. The van der Waals surface area contributed by atoms with Crippen molar-refractivity contribution < 1.29 is 8.42 Å². The second kappa shape index (κ2) is 4.62. The van der Waals surface area contributed by atoms with Gasteiger partial charge in [0.1, 0.15) is 9.22 Å². The average Bonchev–Trinajstić information content (AvgIpc) is 2.85. The summed E-state index contributed by atoms with van der Waals surface area (Å²) in [6, 6.07) is 3.30. The van der Waals surface area contributed by atoms with E-state index in [4.69, 9.17) is 0 Å². The number of nitrogens with one attached hydrogen (secondary N) is 1. The minimum atomic E-state index is -3.37. The lowest BCUT2D eigenvalue weighted by molar-refractivity contribution is 0.583. The molecule has 7 heteroatoms. The molecular formula is C9H10N2O2S3. The summed E-state index contributed by atoms with van der Waals surface area (Å²) in [5, 5.41) is 4.41. The smallest absolute Gasteiger partial charge is 0.245 e. The highest BCUT2D eigenvalue weighted by Gasteiger charge is 2.14. The number of sulfonamides is 1. The van der Waals surface area contributed by atoms with Crippen LogP contribution in [0.3, 0.4) is 0 Å². The van der Waals surface area contributed by atoms with Crippen molar-refractivity contribution in [3.8, 4) is 0 Å². The standard InChI is InChI=1S/C9H10N2O2S3/c1-7-6-15-8(11-7)5-10-16(12,13)9-3-2-4-14-9/h2-4,6,10H,5H2,1H3. The van der Waals surface area contributed by atoms with Crippen LogP contribution >= 0.6 is 22.7 Å². The van der Waals surface area contributed by atoms with E-state index in [2.05, 4.69) is 9.71 Å². The summed E-state index contributed by atoms with van der Waals surface area (Å²) >= 11 is 2.66. The Labute approximate surface area is 102 Å². The number of thiophene rings is 1. The Morgan fingerprint density at radius 2 is 2.25 bits per heavy atom. The van der Waals surface area contributed by atoms with Crippen molar-refractivity contribution in [2.75, 3.05) is 0 Å². The van der Waals surface area contributed by atoms with Crippen molar-refractivity contribution in [1.82, 2.24) is 9.71 Å². The molecule has 0 spiro atoms. The van der Waals surface area contributed by atoms with Crippen LogP contribution < -0.4 is 4.72 Å². The highest BCUT2D eigenvalue weighted by atomic mass is 32.2. The molecule has 2 aromatic rings. The van der Waals surface area contributed by atoms with Crippen LogP contribution in [0.1, 0.15) is 10.7 Å². The maximum Gasteiger partial charge on any atom is 0.250 e. The van der Waals surface area contributed by atoms with Crippen LogP contribution in [0.5, 0.6) is 0 Å². The molecule has 0 radical (unpaired) electrons. The van der Waals surface area contributed by atoms with Crippen molar-refractivity contribution >= 4 is 32.7 Å². The molecule has 2 heterocycles. The molecule has 0 aliphatic heterocycles. The first-order valence-corrected chi connectivity index (χ1v) is 7.76. The number of thiazole rings is 1. The van der Waals surface area contributed by atoms with E-state index >= 15 is 0 Å². The Morgan fingerprint density at radius 3 is 2.81 bits per heavy atom. The van der Waals surface area contributed by atoms with Gasteiger partial charge in [0, 0.05) is 11.1 Å². The van der Waals surface area contributed by atoms with Crippen molar-refractivity contribution in [1.29, 1.82) is 0 Å². The largest absolute Gasteiger partial charge is 0.250 e. The van der Waals surface area contributed by atoms with E-state index in [1.54, 1.807) is 17.5 Å². The van der Waals surface area contributed by atoms with Crippen LogP contribution in [0.2, 0.25) is 0 Å². The molecule has 0 atom stereocenters. The third-order valence-electron chi connectivity index (χ3n) is 1.84. The number of aryl methyl sites for hydroxylation is 1. The number of hydrogen-bond acceptors (Lipinski definition) is 5. The highest BCUT2D eigenvalue weighted by Crippen LogP contribution is 2.16. The van der Waals surface area contributed by atoms with Gasteiger partial charge in [0.25, 0.3) is 0 Å². The van der Waals surface area contributed by atoms with E-state index in [1.165, 1.54) is 22.7 Å². The first kappa shape index (κ1) is 11.7. The average molecular weight is 274 g/mol. The van der Waals surface area contributed by atoms with Gasteiger partial charge in [-0.3, -0.25) is 0 Å². The fourth-order valence-corrected chi connectivity index (χ4v) is 3.96. The van der Waals surface area contributed by atoms with Gasteiger partial charge < -0.3 is 0 Å². The van der Waals surface area contributed by atoms with Gasteiger partial charge in [0.15, 0.2) is 0 Å². The van der Waals surface area contributed by atoms with E-state index in [-0.39, 0.29) is 6.54 Å². The molecule has 1 N–H and O–H groups in total. The molecule has 0 saturated carbocycles. The summed E-state index contributed by atoms with van der Waals surface area (Å²) in [4.78, 5) is 4.19. The molecule has 16 heavy (non-hydrogen) atoms. The molecule has 0 aromatic carbocycles. The van der Waals surface area contributed by atoms with E-state index < -0.39 is 10.0 Å². The van der Waals surface area contributed by atoms with E-state index in [9.17, 15) is 8.42 Å². The molecule has 0 fully saturated rings. The van der Waals surface area contributed by atoms with Gasteiger partial charge in [-0.15, -0.1) is 22.7 Å². The molecule has 2 aromatic heterocycles. The number of aromatic nitrogens is 1. The molecule has 0 bridgehead atoms. The molecular weight excluding hydrogens is 264 g/mol. The van der Waals surface area contributed by atoms with Crippen molar-refractivity contribution in [2.24, 2.45) is 0 Å². The Hall–Kier alpha value is -0.760. The van der Waals surface area contributed by atoms with Crippen LogP contribution in [0, 0.1) is 6.92 Å². The van der Waals surface area contributed by atoms with Crippen molar-refractivity contribution in [2.45, 2.75) is 17.7 Å². The predicted octanol–water partition coefficient (Wildman–Crippen LogP) is 1.99. The SMILES string of the molecule is Cc1csc(CNS(=O)(=O)c2cccs2)n1. The third kappa shape index (κ3) is 2.67. The fraction of sp³-hybridized carbons (Fsp3) is 0.222. The zero-order chi connectivity index (χ0) is 11.6. The Bertz CT molecular complexity index is 557. The summed E-state index contributed by atoms with van der Waals surface area (Å²) in [7, 11) is -3.37. The van der Waals surface area contributed by atoms with Crippen LogP contribution in [0.25, 0.3) is 0 Å². The normalized spacial score (nSPS) is 11.8. The van der Waals surface area contributed by atoms with Crippen molar-refractivity contribution in [3.63, 3.8) is 0 Å². The Kier molecular flexibility index (Phi) is 3.38. The quantitative estimate of drug-likeness (QED) is 0.927. The molecule has 0 saturated heterocycles. The third-order valence-corrected chi connectivity index (χ3v) is 5.61. The predicted molar refractivity (Wildman–Crippen MR) is 65.2 cm³/mol. The van der Waals surface area contributed by atoms with Gasteiger partial charge in [-0.1, -0.05) is 6.07 Å². The first-order chi connectivity index (χ1) is 7.58. The summed E-state index contributed by atoms with van der Waals surface area (Å²) in [6.07, 6.45) is 0. The maximum absolute atomic E-state index is 11.7. The molecule has 4 nitrogen and oxygen atoms in total. The molecule has 0 unspecified atom stereocenters. The van der Waals surface area contributed by atoms with Crippen molar-refractivity contribution in [3.05, 3.63) is 33.6 Å². The number of nitrogens with zero attached hydrogens (tertiary/aromatic N) is 1. The van der Waals surface area contributed by atoms with Gasteiger partial charge in [-0.25, -0.2) is 18.1 Å². The van der Waals surface area contributed by atoms with Gasteiger partial charge in [0.2, 0.25) is 10.0 Å². The summed E-state index contributed by atoms with van der Waals surface area (Å²) in [5.74, 6) is 0. The summed E-state index contributed by atoms with van der Waals surface area (Å²) in [6.45, 7) is 2.13. The lowest BCUT2D eigenvalue weighted by Crippen LogP contribution is -2.22. The number of hydrogen-bond donors (Lipinski definition) is 1. The monoisotopic (exact) mass is 274 g/mol. The minimum Gasteiger partial charge on any atom is -0.245 e.